The second kappa shape index (κ2) is 10.2. The van der Waals surface area contributed by atoms with E-state index in [1.165, 1.54) is 11.3 Å². The van der Waals surface area contributed by atoms with Crippen molar-refractivity contribution in [3.05, 3.63) is 82.9 Å². The molecule has 0 aliphatic carbocycles. The number of thiophene rings is 1. The first-order valence-electron chi connectivity index (χ1n) is 10.4. The van der Waals surface area contributed by atoms with E-state index in [2.05, 4.69) is 10.3 Å². The molecule has 4 aromatic rings. The Morgan fingerprint density at radius 1 is 1.09 bits per heavy atom. The molecule has 0 saturated heterocycles. The van der Waals surface area contributed by atoms with Crippen molar-refractivity contribution in [2.24, 2.45) is 0 Å². The Hall–Kier alpha value is -3.43. The molecule has 0 fully saturated rings. The van der Waals surface area contributed by atoms with Crippen LogP contribution in [0.15, 0.2) is 66.9 Å². The Balaban J connectivity index is 1.55. The second-order valence-electron chi connectivity index (χ2n) is 7.44. The SMILES string of the molecule is COCCNC(=O)c1cccc(-c2cccc3cc(COc4cc(C(F)(F)F)ccn4)sc23)c1. The van der Waals surface area contributed by atoms with Crippen LogP contribution in [0.3, 0.4) is 0 Å². The van der Waals surface area contributed by atoms with E-state index in [4.69, 9.17) is 9.47 Å². The number of carbonyl (C=O) groups excluding carboxylic acids is 1. The number of halogens is 3. The van der Waals surface area contributed by atoms with E-state index in [1.807, 2.05) is 42.5 Å². The van der Waals surface area contributed by atoms with E-state index in [0.29, 0.717) is 18.7 Å². The van der Waals surface area contributed by atoms with Gasteiger partial charge in [0, 0.05) is 41.1 Å². The zero-order chi connectivity index (χ0) is 24.1. The summed E-state index contributed by atoms with van der Waals surface area (Å²) in [5, 5.41) is 3.79. The van der Waals surface area contributed by atoms with Gasteiger partial charge >= 0.3 is 6.18 Å². The number of nitrogens with one attached hydrogen (secondary N) is 1. The molecule has 0 saturated carbocycles. The maximum atomic E-state index is 12.9. The Kier molecular flexibility index (Phi) is 7.14. The average molecular weight is 487 g/mol. The molecule has 0 aliphatic heterocycles. The lowest BCUT2D eigenvalue weighted by atomic mass is 10.0. The number of ether oxygens (including phenoxy) is 2. The van der Waals surface area contributed by atoms with Crippen molar-refractivity contribution in [1.29, 1.82) is 0 Å². The van der Waals surface area contributed by atoms with Crippen molar-refractivity contribution in [3.63, 3.8) is 0 Å². The molecular weight excluding hydrogens is 465 g/mol. The largest absolute Gasteiger partial charge is 0.472 e. The smallest absolute Gasteiger partial charge is 0.416 e. The fraction of sp³-hybridized carbons (Fsp3) is 0.200. The summed E-state index contributed by atoms with van der Waals surface area (Å²) in [6, 6.07) is 16.9. The highest BCUT2D eigenvalue weighted by Gasteiger charge is 2.31. The van der Waals surface area contributed by atoms with E-state index < -0.39 is 11.7 Å². The number of rotatable bonds is 8. The van der Waals surface area contributed by atoms with Crippen LogP contribution in [-0.4, -0.2) is 31.2 Å². The molecule has 0 aliphatic rings. The number of hydrogen-bond donors (Lipinski definition) is 1. The quantitative estimate of drug-likeness (QED) is 0.313. The zero-order valence-corrected chi connectivity index (χ0v) is 19.0. The minimum Gasteiger partial charge on any atom is -0.472 e. The summed E-state index contributed by atoms with van der Waals surface area (Å²) < 4.78 is 50.3. The molecule has 1 N–H and O–H groups in total. The van der Waals surface area contributed by atoms with Crippen molar-refractivity contribution >= 4 is 27.3 Å². The fourth-order valence-electron chi connectivity index (χ4n) is 3.42. The first-order valence-corrected chi connectivity index (χ1v) is 11.2. The maximum absolute atomic E-state index is 12.9. The molecule has 4 rings (SSSR count). The highest BCUT2D eigenvalue weighted by molar-refractivity contribution is 7.19. The van der Waals surface area contributed by atoms with Crippen molar-refractivity contribution in [2.75, 3.05) is 20.3 Å². The van der Waals surface area contributed by atoms with Crippen molar-refractivity contribution in [3.8, 4) is 17.0 Å². The van der Waals surface area contributed by atoms with E-state index in [9.17, 15) is 18.0 Å². The first-order chi connectivity index (χ1) is 16.3. The van der Waals surface area contributed by atoms with Gasteiger partial charge in [-0.2, -0.15) is 13.2 Å². The summed E-state index contributed by atoms with van der Waals surface area (Å²) in [7, 11) is 1.57. The van der Waals surface area contributed by atoms with Crippen LogP contribution in [0.4, 0.5) is 13.2 Å². The van der Waals surface area contributed by atoms with Crippen molar-refractivity contribution in [1.82, 2.24) is 10.3 Å². The predicted octanol–water partition coefficient (Wildman–Crippen LogP) is 5.94. The highest BCUT2D eigenvalue weighted by Crippen LogP contribution is 2.36. The molecule has 2 aromatic carbocycles. The van der Waals surface area contributed by atoms with E-state index in [-0.39, 0.29) is 18.4 Å². The molecule has 34 heavy (non-hydrogen) atoms. The lowest BCUT2D eigenvalue weighted by Crippen LogP contribution is -2.26. The summed E-state index contributed by atoms with van der Waals surface area (Å²) in [5.74, 6) is -0.264. The lowest BCUT2D eigenvalue weighted by molar-refractivity contribution is -0.137. The number of amides is 1. The summed E-state index contributed by atoms with van der Waals surface area (Å²) in [4.78, 5) is 17.1. The van der Waals surface area contributed by atoms with Gasteiger partial charge in [-0.1, -0.05) is 30.3 Å². The molecule has 0 unspecified atom stereocenters. The van der Waals surface area contributed by atoms with Gasteiger partial charge in [-0.3, -0.25) is 4.79 Å². The van der Waals surface area contributed by atoms with Gasteiger partial charge < -0.3 is 14.8 Å². The number of methoxy groups -OCH3 is 1. The van der Waals surface area contributed by atoms with Crippen molar-refractivity contribution < 1.29 is 27.4 Å². The summed E-state index contributed by atoms with van der Waals surface area (Å²) in [6.45, 7) is 0.944. The van der Waals surface area contributed by atoms with Crippen LogP contribution in [0.25, 0.3) is 21.2 Å². The molecule has 0 atom stereocenters. The number of pyridine rings is 1. The summed E-state index contributed by atoms with van der Waals surface area (Å²) in [6.07, 6.45) is -3.37. The van der Waals surface area contributed by atoms with Crippen LogP contribution in [0, 0.1) is 0 Å². The van der Waals surface area contributed by atoms with E-state index in [1.54, 1.807) is 13.2 Å². The van der Waals surface area contributed by atoms with Gasteiger partial charge in [0.15, 0.2) is 0 Å². The Labute approximate surface area is 198 Å². The molecule has 2 heterocycles. The van der Waals surface area contributed by atoms with Crippen LogP contribution in [0.1, 0.15) is 20.8 Å². The first kappa shape index (κ1) is 23.7. The Morgan fingerprint density at radius 3 is 2.71 bits per heavy atom. The summed E-state index contributed by atoms with van der Waals surface area (Å²) in [5.41, 5.74) is 1.58. The zero-order valence-electron chi connectivity index (χ0n) is 18.2. The predicted molar refractivity (Wildman–Crippen MR) is 125 cm³/mol. The molecule has 176 valence electrons. The van der Waals surface area contributed by atoms with Crippen LogP contribution in [-0.2, 0) is 17.5 Å². The fourth-order valence-corrected chi connectivity index (χ4v) is 4.53. The Bertz CT molecular complexity index is 1300. The van der Waals surface area contributed by atoms with Gasteiger partial charge in [0.25, 0.3) is 5.91 Å². The number of aromatic nitrogens is 1. The van der Waals surface area contributed by atoms with Crippen molar-refractivity contribution in [2.45, 2.75) is 12.8 Å². The van der Waals surface area contributed by atoms with Gasteiger partial charge in [-0.05, 0) is 40.8 Å². The molecule has 9 heteroatoms. The van der Waals surface area contributed by atoms with E-state index >= 15 is 0 Å². The molecule has 0 radical (unpaired) electrons. The number of fused-ring (bicyclic) bond motifs is 1. The van der Waals surface area contributed by atoms with Gasteiger partial charge in [-0.15, -0.1) is 11.3 Å². The minimum atomic E-state index is -4.46. The van der Waals surface area contributed by atoms with Gasteiger partial charge in [-0.25, -0.2) is 4.98 Å². The standard InChI is InChI=1S/C25H21F3N2O3S/c1-32-11-10-30-24(31)18-6-2-4-16(12-18)21-7-3-5-17-13-20(34-23(17)21)15-33-22-14-19(8-9-29-22)25(26,27)28/h2-9,12-14H,10-11,15H2,1H3,(H,30,31). The third-order valence-electron chi connectivity index (χ3n) is 5.05. The number of hydrogen-bond acceptors (Lipinski definition) is 5. The number of benzene rings is 2. The van der Waals surface area contributed by atoms with Crippen LogP contribution in [0.5, 0.6) is 5.88 Å². The topological polar surface area (TPSA) is 60.5 Å². The average Bonchev–Trinajstić information content (AvgIpc) is 3.26. The Morgan fingerprint density at radius 2 is 1.91 bits per heavy atom. The third kappa shape index (κ3) is 5.55. The van der Waals surface area contributed by atoms with Gasteiger partial charge in [0.05, 0.1) is 12.2 Å². The molecule has 1 amide bonds. The molecule has 2 aromatic heterocycles. The number of alkyl halides is 3. The molecule has 0 spiro atoms. The van der Waals surface area contributed by atoms with Crippen LogP contribution >= 0.6 is 11.3 Å². The highest BCUT2D eigenvalue weighted by atomic mass is 32.1. The molecular formula is C25H21F3N2O3S. The molecule has 5 nitrogen and oxygen atoms in total. The van der Waals surface area contributed by atoms with Crippen LogP contribution < -0.4 is 10.1 Å². The number of carbonyl (C=O) groups is 1. The van der Waals surface area contributed by atoms with E-state index in [0.717, 1.165) is 44.4 Å². The summed E-state index contributed by atoms with van der Waals surface area (Å²) >= 11 is 1.49. The normalized spacial score (nSPS) is 11.5. The minimum absolute atomic E-state index is 0.0836. The second-order valence-corrected chi connectivity index (χ2v) is 8.57. The van der Waals surface area contributed by atoms with Crippen LogP contribution in [0.2, 0.25) is 0 Å². The number of nitrogens with zero attached hydrogens (tertiary/aromatic N) is 1. The lowest BCUT2D eigenvalue weighted by Gasteiger charge is -2.08. The van der Waals surface area contributed by atoms with Gasteiger partial charge in [0.2, 0.25) is 5.88 Å². The third-order valence-corrected chi connectivity index (χ3v) is 6.20. The van der Waals surface area contributed by atoms with Gasteiger partial charge in [0.1, 0.15) is 6.61 Å². The maximum Gasteiger partial charge on any atom is 0.416 e. The molecule has 0 bridgehead atoms. The monoisotopic (exact) mass is 486 g/mol.